The molecule has 0 aromatic carbocycles. The van der Waals surface area contributed by atoms with Gasteiger partial charge in [0.1, 0.15) is 6.07 Å². The molecule has 0 fully saturated rings. The summed E-state index contributed by atoms with van der Waals surface area (Å²) in [5, 5.41) is 21.2. The Labute approximate surface area is 95.7 Å². The first-order valence-electron chi connectivity index (χ1n) is 4.61. The summed E-state index contributed by atoms with van der Waals surface area (Å²) in [6.07, 6.45) is 3.03. The maximum absolute atomic E-state index is 8.08. The number of aromatic amines is 1. The van der Waals surface area contributed by atoms with Crippen molar-refractivity contribution in [2.75, 3.05) is 0 Å². The van der Waals surface area contributed by atoms with Crippen LogP contribution in [0.5, 0.6) is 0 Å². The summed E-state index contributed by atoms with van der Waals surface area (Å²) >= 11 is 0. The molecule has 7 nitrogen and oxygen atoms in total. The van der Waals surface area contributed by atoms with Gasteiger partial charge in [-0.2, -0.15) is 10.5 Å². The molecule has 0 amide bonds. The highest BCUT2D eigenvalue weighted by Gasteiger charge is 2.02. The lowest BCUT2D eigenvalue weighted by Gasteiger charge is -1.80. The van der Waals surface area contributed by atoms with Gasteiger partial charge in [-0.25, -0.2) is 0 Å². The van der Waals surface area contributed by atoms with Crippen molar-refractivity contribution in [2.45, 2.75) is 0 Å². The molecule has 0 aliphatic carbocycles. The molecule has 0 spiro atoms. The first-order valence-corrected chi connectivity index (χ1v) is 4.61. The zero-order chi connectivity index (χ0) is 11.9. The fourth-order valence-electron chi connectivity index (χ4n) is 1.01. The molecule has 0 saturated carbocycles. The van der Waals surface area contributed by atoms with Crippen molar-refractivity contribution < 1.29 is 8.83 Å². The van der Waals surface area contributed by atoms with Crippen LogP contribution in [0.25, 0.3) is 11.6 Å². The van der Waals surface area contributed by atoms with Crippen molar-refractivity contribution in [2.24, 2.45) is 0 Å². The first kappa shape index (κ1) is 10.6. The van der Waals surface area contributed by atoms with E-state index in [1.165, 1.54) is 6.26 Å². The summed E-state index contributed by atoms with van der Waals surface area (Å²) in [4.78, 5) is 0. The van der Waals surface area contributed by atoms with E-state index >= 15 is 0 Å². The van der Waals surface area contributed by atoms with Gasteiger partial charge in [-0.15, -0.1) is 10.2 Å². The standard InChI is InChI=1S/C5H4N4O.C5H3NO/c1-2-4(10-3-1)5-6-8-9-7-5;6-4-5-2-1-3-7-5/h1-3H,(H,6,7,8,9);1-3H. The van der Waals surface area contributed by atoms with E-state index in [4.69, 9.17) is 9.68 Å². The largest absolute Gasteiger partial charge is 0.461 e. The third-order valence-corrected chi connectivity index (χ3v) is 1.72. The highest BCUT2D eigenvalue weighted by molar-refractivity contribution is 5.43. The number of H-pyrrole nitrogens is 1. The first-order chi connectivity index (χ1) is 8.40. The Bertz CT molecular complexity index is 531. The van der Waals surface area contributed by atoms with Crippen molar-refractivity contribution >= 4 is 0 Å². The van der Waals surface area contributed by atoms with E-state index in [0.29, 0.717) is 17.3 Å². The summed E-state index contributed by atoms with van der Waals surface area (Å²) in [7, 11) is 0. The predicted octanol–water partition coefficient (Wildman–Crippen LogP) is 1.61. The van der Waals surface area contributed by atoms with Crippen molar-refractivity contribution in [1.29, 1.82) is 5.26 Å². The Morgan fingerprint density at radius 2 is 2.00 bits per heavy atom. The average molecular weight is 229 g/mol. The van der Waals surface area contributed by atoms with Crippen LogP contribution in [0.3, 0.4) is 0 Å². The van der Waals surface area contributed by atoms with Crippen LogP contribution in [-0.2, 0) is 0 Å². The van der Waals surface area contributed by atoms with Crippen molar-refractivity contribution in [3.63, 3.8) is 0 Å². The van der Waals surface area contributed by atoms with Gasteiger partial charge in [-0.05, 0) is 29.5 Å². The molecule has 3 heterocycles. The van der Waals surface area contributed by atoms with Gasteiger partial charge in [-0.3, -0.25) is 0 Å². The third-order valence-electron chi connectivity index (χ3n) is 1.72. The summed E-state index contributed by atoms with van der Waals surface area (Å²) in [5.41, 5.74) is 0. The van der Waals surface area contributed by atoms with Gasteiger partial charge in [0.25, 0.3) is 0 Å². The summed E-state index contributed by atoms with van der Waals surface area (Å²) < 4.78 is 9.61. The Morgan fingerprint density at radius 1 is 1.18 bits per heavy atom. The van der Waals surface area contributed by atoms with E-state index in [9.17, 15) is 0 Å². The number of nitriles is 1. The number of tetrazole rings is 1. The number of nitrogens with zero attached hydrogens (tertiary/aromatic N) is 4. The van der Waals surface area contributed by atoms with Crippen LogP contribution >= 0.6 is 0 Å². The maximum atomic E-state index is 8.08. The molecule has 7 heteroatoms. The highest BCUT2D eigenvalue weighted by Crippen LogP contribution is 2.11. The molecular weight excluding hydrogens is 222 g/mol. The predicted molar refractivity (Wildman–Crippen MR) is 55.3 cm³/mol. The minimum atomic E-state index is 0.361. The molecule has 84 valence electrons. The number of furan rings is 2. The molecule has 3 rings (SSSR count). The van der Waals surface area contributed by atoms with Crippen LogP contribution < -0.4 is 0 Å². The molecule has 0 aliphatic rings. The van der Waals surface area contributed by atoms with Gasteiger partial charge in [0.2, 0.25) is 11.6 Å². The molecule has 3 aromatic heterocycles. The highest BCUT2D eigenvalue weighted by atomic mass is 16.3. The number of hydrogen-bond donors (Lipinski definition) is 1. The smallest absolute Gasteiger partial charge is 0.239 e. The molecule has 0 unspecified atom stereocenters. The lowest BCUT2D eigenvalue weighted by atomic mass is 10.4. The Morgan fingerprint density at radius 3 is 2.47 bits per heavy atom. The van der Waals surface area contributed by atoms with Crippen LogP contribution in [0, 0.1) is 11.3 Å². The quantitative estimate of drug-likeness (QED) is 0.679. The topological polar surface area (TPSA) is 105 Å². The molecule has 17 heavy (non-hydrogen) atoms. The van der Waals surface area contributed by atoms with E-state index in [-0.39, 0.29) is 0 Å². The molecule has 0 bridgehead atoms. The second-order valence-corrected chi connectivity index (χ2v) is 2.80. The van der Waals surface area contributed by atoms with Gasteiger partial charge >= 0.3 is 0 Å². The van der Waals surface area contributed by atoms with Crippen LogP contribution in [0.4, 0.5) is 0 Å². The summed E-state index contributed by atoms with van der Waals surface area (Å²) in [6.45, 7) is 0. The van der Waals surface area contributed by atoms with Gasteiger partial charge in [-0.1, -0.05) is 0 Å². The fourth-order valence-corrected chi connectivity index (χ4v) is 1.01. The molecular formula is C10H7N5O2. The zero-order valence-corrected chi connectivity index (χ0v) is 8.57. The molecule has 0 radical (unpaired) electrons. The van der Waals surface area contributed by atoms with E-state index in [2.05, 4.69) is 25.0 Å². The SMILES string of the molecule is N#Cc1ccco1.c1coc(-c2nn[nH]n2)c1. The molecule has 0 aliphatic heterocycles. The normalized spacial score (nSPS) is 9.12. The lowest BCUT2D eigenvalue weighted by molar-refractivity contribution is 0.553. The van der Waals surface area contributed by atoms with E-state index in [0.717, 1.165) is 0 Å². The van der Waals surface area contributed by atoms with E-state index in [1.54, 1.807) is 30.5 Å². The van der Waals surface area contributed by atoms with Crippen molar-refractivity contribution in [3.8, 4) is 17.7 Å². The van der Waals surface area contributed by atoms with Gasteiger partial charge in [0.05, 0.1) is 12.5 Å². The van der Waals surface area contributed by atoms with Crippen LogP contribution in [-0.4, -0.2) is 20.6 Å². The van der Waals surface area contributed by atoms with Crippen molar-refractivity contribution in [1.82, 2.24) is 20.6 Å². The Hall–Kier alpha value is -2.88. The summed E-state index contributed by atoms with van der Waals surface area (Å²) in [6, 6.07) is 8.67. The van der Waals surface area contributed by atoms with Crippen LogP contribution in [0.1, 0.15) is 5.76 Å². The third kappa shape index (κ3) is 2.79. The Balaban J connectivity index is 0.000000136. The Kier molecular flexibility index (Phi) is 3.30. The number of aromatic nitrogens is 4. The lowest BCUT2D eigenvalue weighted by Crippen LogP contribution is -1.74. The fraction of sp³-hybridized carbons (Fsp3) is 0. The molecule has 3 aromatic rings. The zero-order valence-electron chi connectivity index (χ0n) is 8.57. The number of hydrogen-bond acceptors (Lipinski definition) is 6. The second-order valence-electron chi connectivity index (χ2n) is 2.80. The number of nitrogens with one attached hydrogen (secondary N) is 1. The van der Waals surface area contributed by atoms with Gasteiger partial charge < -0.3 is 8.83 Å². The van der Waals surface area contributed by atoms with E-state index < -0.39 is 0 Å². The molecule has 0 atom stereocenters. The van der Waals surface area contributed by atoms with Crippen molar-refractivity contribution in [3.05, 3.63) is 42.6 Å². The summed E-state index contributed by atoms with van der Waals surface area (Å²) in [5.74, 6) is 1.46. The monoisotopic (exact) mass is 229 g/mol. The maximum Gasteiger partial charge on any atom is 0.239 e. The van der Waals surface area contributed by atoms with Crippen LogP contribution in [0.15, 0.2) is 45.6 Å². The number of rotatable bonds is 1. The molecule has 1 N–H and O–H groups in total. The minimum absolute atomic E-state index is 0.361. The van der Waals surface area contributed by atoms with Crippen LogP contribution in [0.2, 0.25) is 0 Å². The van der Waals surface area contributed by atoms with Gasteiger partial charge in [0, 0.05) is 0 Å². The average Bonchev–Trinajstić information content (AvgIpc) is 3.12. The van der Waals surface area contributed by atoms with Gasteiger partial charge in [0.15, 0.2) is 5.76 Å². The molecule has 0 saturated heterocycles. The second kappa shape index (κ2) is 5.27. The van der Waals surface area contributed by atoms with E-state index in [1.807, 2.05) is 6.07 Å². The minimum Gasteiger partial charge on any atom is -0.461 e.